The normalized spacial score (nSPS) is 12.7. The zero-order valence-electron chi connectivity index (χ0n) is 10.5. The van der Waals surface area contributed by atoms with Crippen molar-refractivity contribution in [3.63, 3.8) is 0 Å². The molecule has 0 atom stereocenters. The number of hydrogen-bond donors (Lipinski definition) is 2. The standard InChI is InChI=1S/C12H9F6N3/c1-5-9(10(19)21-20-5)6-2-7(11(13,14)15)4-8(3-6)12(16,17)18/h2-4H,1H3,(H3,19,20,21). The first kappa shape index (κ1) is 15.2. The van der Waals surface area contributed by atoms with Crippen LogP contribution in [0.25, 0.3) is 11.1 Å². The maximum Gasteiger partial charge on any atom is 0.416 e. The van der Waals surface area contributed by atoms with E-state index in [1.54, 1.807) is 0 Å². The molecule has 0 bridgehead atoms. The number of halogens is 6. The van der Waals surface area contributed by atoms with Crippen molar-refractivity contribution in [3.8, 4) is 11.1 Å². The van der Waals surface area contributed by atoms with E-state index >= 15 is 0 Å². The van der Waals surface area contributed by atoms with E-state index in [2.05, 4.69) is 10.2 Å². The van der Waals surface area contributed by atoms with Crippen LogP contribution in [0.4, 0.5) is 32.2 Å². The molecule has 0 fully saturated rings. The van der Waals surface area contributed by atoms with Gasteiger partial charge in [-0.15, -0.1) is 0 Å². The molecule has 3 nitrogen and oxygen atoms in total. The van der Waals surface area contributed by atoms with Crippen molar-refractivity contribution < 1.29 is 26.3 Å². The van der Waals surface area contributed by atoms with Gasteiger partial charge in [0.1, 0.15) is 0 Å². The van der Waals surface area contributed by atoms with Crippen LogP contribution >= 0.6 is 0 Å². The zero-order valence-corrected chi connectivity index (χ0v) is 10.5. The average molecular weight is 309 g/mol. The van der Waals surface area contributed by atoms with E-state index in [0.717, 1.165) is 0 Å². The first-order valence-electron chi connectivity index (χ1n) is 5.60. The van der Waals surface area contributed by atoms with Gasteiger partial charge in [-0.05, 0) is 30.7 Å². The minimum Gasteiger partial charge on any atom is -0.382 e. The van der Waals surface area contributed by atoms with Crippen molar-refractivity contribution in [2.45, 2.75) is 19.3 Å². The minimum atomic E-state index is -4.90. The summed E-state index contributed by atoms with van der Waals surface area (Å²) in [5.74, 6) is -0.167. The van der Waals surface area contributed by atoms with Crippen molar-refractivity contribution >= 4 is 5.82 Å². The highest BCUT2D eigenvalue weighted by atomic mass is 19.4. The number of rotatable bonds is 1. The number of hydrogen-bond acceptors (Lipinski definition) is 2. The smallest absolute Gasteiger partial charge is 0.382 e. The summed E-state index contributed by atoms with van der Waals surface area (Å²) < 4.78 is 76.5. The summed E-state index contributed by atoms with van der Waals surface area (Å²) in [6, 6.07) is 1.29. The van der Waals surface area contributed by atoms with Crippen molar-refractivity contribution in [1.29, 1.82) is 0 Å². The molecule has 0 radical (unpaired) electrons. The second kappa shape index (κ2) is 4.68. The predicted molar refractivity (Wildman–Crippen MR) is 63.2 cm³/mol. The van der Waals surface area contributed by atoms with Gasteiger partial charge in [-0.25, -0.2) is 0 Å². The molecule has 114 valence electrons. The van der Waals surface area contributed by atoms with Gasteiger partial charge >= 0.3 is 12.4 Å². The molecule has 1 heterocycles. The summed E-state index contributed by atoms with van der Waals surface area (Å²) in [4.78, 5) is 0. The van der Waals surface area contributed by atoms with Crippen molar-refractivity contribution in [3.05, 3.63) is 35.0 Å². The predicted octanol–water partition coefficient (Wildman–Crippen LogP) is 4.00. The summed E-state index contributed by atoms with van der Waals surface area (Å²) in [5.41, 5.74) is 2.70. The van der Waals surface area contributed by atoms with Gasteiger partial charge in [-0.2, -0.15) is 31.4 Å². The number of aromatic nitrogens is 2. The lowest BCUT2D eigenvalue weighted by atomic mass is 9.99. The van der Waals surface area contributed by atoms with Gasteiger partial charge < -0.3 is 5.73 Å². The molecule has 0 spiro atoms. The summed E-state index contributed by atoms with van der Waals surface area (Å²) in [6.07, 6.45) is -9.80. The van der Waals surface area contributed by atoms with Crippen LogP contribution in [0.15, 0.2) is 18.2 Å². The summed E-state index contributed by atoms with van der Waals surface area (Å²) in [6.45, 7) is 1.45. The van der Waals surface area contributed by atoms with Gasteiger partial charge in [0.2, 0.25) is 0 Å². The molecule has 1 aromatic heterocycles. The molecule has 21 heavy (non-hydrogen) atoms. The third-order valence-electron chi connectivity index (χ3n) is 2.85. The molecule has 2 aromatic rings. The Labute approximate surface area is 114 Å². The van der Waals surface area contributed by atoms with Crippen LogP contribution in [0, 0.1) is 6.92 Å². The fraction of sp³-hybridized carbons (Fsp3) is 0.250. The number of anilines is 1. The summed E-state index contributed by atoms with van der Waals surface area (Å²) in [5, 5.41) is 5.98. The Balaban J connectivity index is 2.73. The van der Waals surface area contributed by atoms with E-state index in [0.29, 0.717) is 12.1 Å². The minimum absolute atomic E-state index is 0.0200. The monoisotopic (exact) mass is 309 g/mol. The van der Waals surface area contributed by atoms with Crippen LogP contribution in [0.2, 0.25) is 0 Å². The molecule has 3 N–H and O–H groups in total. The SMILES string of the molecule is Cc1[nH]nc(N)c1-c1cc(C(F)(F)F)cc(C(F)(F)F)c1. The fourth-order valence-corrected chi connectivity index (χ4v) is 1.91. The molecular weight excluding hydrogens is 300 g/mol. The van der Waals surface area contributed by atoms with E-state index in [4.69, 9.17) is 5.73 Å². The van der Waals surface area contributed by atoms with E-state index in [1.165, 1.54) is 6.92 Å². The van der Waals surface area contributed by atoms with E-state index in [-0.39, 0.29) is 28.7 Å². The van der Waals surface area contributed by atoms with Crippen LogP contribution in [-0.2, 0) is 12.4 Å². The van der Waals surface area contributed by atoms with Crippen molar-refractivity contribution in [2.24, 2.45) is 0 Å². The second-order valence-electron chi connectivity index (χ2n) is 4.40. The lowest BCUT2D eigenvalue weighted by molar-refractivity contribution is -0.143. The number of nitrogens with one attached hydrogen (secondary N) is 1. The molecule has 0 saturated carbocycles. The summed E-state index contributed by atoms with van der Waals surface area (Å²) in [7, 11) is 0. The Kier molecular flexibility index (Phi) is 3.38. The van der Waals surface area contributed by atoms with E-state index in [9.17, 15) is 26.3 Å². The average Bonchev–Trinajstić information content (AvgIpc) is 2.66. The maximum absolute atomic E-state index is 12.8. The molecule has 0 aliphatic rings. The number of nitrogens with two attached hydrogens (primary N) is 1. The number of aromatic amines is 1. The Hall–Kier alpha value is -2.19. The Morgan fingerprint density at radius 2 is 1.43 bits per heavy atom. The number of alkyl halides is 6. The van der Waals surface area contributed by atoms with Gasteiger partial charge in [0.25, 0.3) is 0 Å². The van der Waals surface area contributed by atoms with Gasteiger partial charge in [0.05, 0.1) is 11.1 Å². The molecule has 0 aliphatic heterocycles. The highest BCUT2D eigenvalue weighted by Crippen LogP contribution is 2.39. The highest BCUT2D eigenvalue weighted by molar-refractivity contribution is 5.77. The van der Waals surface area contributed by atoms with E-state index < -0.39 is 23.5 Å². The number of benzene rings is 1. The number of nitrogens with zero attached hydrogens (tertiary/aromatic N) is 1. The highest BCUT2D eigenvalue weighted by Gasteiger charge is 2.37. The number of aryl methyl sites for hydroxylation is 1. The molecule has 1 aromatic carbocycles. The van der Waals surface area contributed by atoms with Crippen LogP contribution in [0.3, 0.4) is 0 Å². The zero-order chi connectivity index (χ0) is 16.0. The molecule has 0 saturated heterocycles. The van der Waals surface area contributed by atoms with Crippen LogP contribution in [0.1, 0.15) is 16.8 Å². The van der Waals surface area contributed by atoms with Gasteiger partial charge in [0, 0.05) is 11.3 Å². The largest absolute Gasteiger partial charge is 0.416 e. The molecule has 0 amide bonds. The first-order valence-corrected chi connectivity index (χ1v) is 5.60. The quantitative estimate of drug-likeness (QED) is 0.782. The Morgan fingerprint density at radius 3 is 1.76 bits per heavy atom. The molecule has 9 heteroatoms. The van der Waals surface area contributed by atoms with Gasteiger partial charge in [-0.3, -0.25) is 5.10 Å². The fourth-order valence-electron chi connectivity index (χ4n) is 1.91. The Bertz CT molecular complexity index is 617. The van der Waals surface area contributed by atoms with Crippen molar-refractivity contribution in [2.75, 3.05) is 5.73 Å². The topological polar surface area (TPSA) is 54.7 Å². The van der Waals surface area contributed by atoms with Crippen LogP contribution in [-0.4, -0.2) is 10.2 Å². The molecular formula is C12H9F6N3. The third-order valence-corrected chi connectivity index (χ3v) is 2.85. The maximum atomic E-state index is 12.8. The lowest BCUT2D eigenvalue weighted by Crippen LogP contribution is -2.11. The third kappa shape index (κ3) is 2.96. The van der Waals surface area contributed by atoms with Gasteiger partial charge in [-0.1, -0.05) is 0 Å². The second-order valence-corrected chi connectivity index (χ2v) is 4.40. The Morgan fingerprint density at radius 1 is 0.952 bits per heavy atom. The van der Waals surface area contributed by atoms with Gasteiger partial charge in [0.15, 0.2) is 5.82 Å². The molecule has 0 unspecified atom stereocenters. The summed E-state index contributed by atoms with van der Waals surface area (Å²) >= 11 is 0. The number of H-pyrrole nitrogens is 1. The molecule has 2 rings (SSSR count). The van der Waals surface area contributed by atoms with Crippen molar-refractivity contribution in [1.82, 2.24) is 10.2 Å². The van der Waals surface area contributed by atoms with E-state index in [1.807, 2.05) is 0 Å². The van der Waals surface area contributed by atoms with Crippen LogP contribution < -0.4 is 5.73 Å². The first-order chi connectivity index (χ1) is 9.50. The molecule has 0 aliphatic carbocycles. The number of nitrogen functional groups attached to an aromatic ring is 1. The van der Waals surface area contributed by atoms with Crippen LogP contribution in [0.5, 0.6) is 0 Å². The lowest BCUT2D eigenvalue weighted by Gasteiger charge is -2.14.